The highest BCUT2D eigenvalue weighted by Gasteiger charge is 2.21. The highest BCUT2D eigenvalue weighted by atomic mass is 32.1. The lowest BCUT2D eigenvalue weighted by Crippen LogP contribution is -2.10. The van der Waals surface area contributed by atoms with Crippen molar-refractivity contribution in [3.63, 3.8) is 0 Å². The maximum atomic E-state index is 5.30. The summed E-state index contributed by atoms with van der Waals surface area (Å²) in [6.45, 7) is 2.09. The molecule has 1 aliphatic carbocycles. The molecule has 106 valence electrons. The van der Waals surface area contributed by atoms with Crippen LogP contribution in [-0.4, -0.2) is 21.1 Å². The first-order valence-corrected chi connectivity index (χ1v) is 8.30. The van der Waals surface area contributed by atoms with E-state index in [2.05, 4.69) is 33.7 Å². The van der Waals surface area contributed by atoms with Gasteiger partial charge in [0.1, 0.15) is 0 Å². The number of nitrogens with zero attached hydrogens (tertiary/aromatic N) is 3. The molecule has 4 nitrogen and oxygen atoms in total. The van der Waals surface area contributed by atoms with E-state index in [1.807, 2.05) is 6.21 Å². The summed E-state index contributed by atoms with van der Waals surface area (Å²) in [5.74, 6) is 1.47. The predicted octanol–water partition coefficient (Wildman–Crippen LogP) is 4.24. The summed E-state index contributed by atoms with van der Waals surface area (Å²) in [6.07, 6.45) is 8.15. The van der Waals surface area contributed by atoms with E-state index < -0.39 is 0 Å². The van der Waals surface area contributed by atoms with Gasteiger partial charge in [0, 0.05) is 5.92 Å². The van der Waals surface area contributed by atoms with Crippen LogP contribution in [0.5, 0.6) is 0 Å². The molecule has 1 fully saturated rings. The number of aryl methyl sites for hydroxylation is 1. The Balaban J connectivity index is 1.89. The standard InChI is InChI=1S/C14H18N4S2/c1-10-7-8-20-12(10)9-15-18-13(16-17-14(18)19)11-5-3-2-4-6-11/h7-9,11H,2-6H2,1H3,(H,17,19)/b15-9-. The largest absolute Gasteiger partial charge is 0.250 e. The molecule has 2 aromatic rings. The molecule has 0 radical (unpaired) electrons. The van der Waals surface area contributed by atoms with Crippen LogP contribution >= 0.6 is 23.6 Å². The third-order valence-electron chi connectivity index (χ3n) is 3.84. The van der Waals surface area contributed by atoms with E-state index in [1.54, 1.807) is 16.0 Å². The molecule has 0 spiro atoms. The molecule has 0 aliphatic heterocycles. The van der Waals surface area contributed by atoms with Crippen molar-refractivity contribution in [1.82, 2.24) is 14.9 Å². The molecule has 2 aromatic heterocycles. The highest BCUT2D eigenvalue weighted by molar-refractivity contribution is 7.71. The van der Waals surface area contributed by atoms with E-state index in [1.165, 1.54) is 42.5 Å². The lowest BCUT2D eigenvalue weighted by molar-refractivity contribution is 0.419. The Morgan fingerprint density at radius 3 is 2.95 bits per heavy atom. The molecule has 1 aliphatic rings. The Kier molecular flexibility index (Phi) is 4.12. The SMILES string of the molecule is Cc1ccsc1/C=N\n1c(C2CCCCC2)n[nH]c1=S. The zero-order chi connectivity index (χ0) is 13.9. The van der Waals surface area contributed by atoms with Crippen molar-refractivity contribution >= 4 is 29.8 Å². The van der Waals surface area contributed by atoms with E-state index in [4.69, 9.17) is 12.2 Å². The average Bonchev–Trinajstić information content (AvgIpc) is 3.04. The van der Waals surface area contributed by atoms with Gasteiger partial charge < -0.3 is 0 Å². The van der Waals surface area contributed by atoms with E-state index >= 15 is 0 Å². The van der Waals surface area contributed by atoms with Crippen molar-refractivity contribution in [1.29, 1.82) is 0 Å². The van der Waals surface area contributed by atoms with Gasteiger partial charge in [-0.3, -0.25) is 5.10 Å². The molecule has 0 bridgehead atoms. The van der Waals surface area contributed by atoms with Crippen molar-refractivity contribution in [3.05, 3.63) is 32.5 Å². The number of aromatic nitrogens is 3. The maximum Gasteiger partial charge on any atom is 0.216 e. The van der Waals surface area contributed by atoms with E-state index in [0.29, 0.717) is 10.7 Å². The Hall–Kier alpha value is -1.27. The van der Waals surface area contributed by atoms with E-state index in [0.717, 1.165) is 5.82 Å². The molecule has 0 saturated heterocycles. The molecule has 1 saturated carbocycles. The summed E-state index contributed by atoms with van der Waals surface area (Å²) in [4.78, 5) is 1.17. The van der Waals surface area contributed by atoms with Gasteiger partial charge in [0.15, 0.2) is 5.82 Å². The number of rotatable bonds is 3. The zero-order valence-corrected chi connectivity index (χ0v) is 13.1. The smallest absolute Gasteiger partial charge is 0.216 e. The predicted molar refractivity (Wildman–Crippen MR) is 85.3 cm³/mol. The summed E-state index contributed by atoms with van der Waals surface area (Å²) in [6, 6.07) is 2.10. The Bertz CT molecular complexity index is 659. The summed E-state index contributed by atoms with van der Waals surface area (Å²) >= 11 is 7.00. The number of nitrogens with one attached hydrogen (secondary N) is 1. The van der Waals surface area contributed by atoms with Crippen molar-refractivity contribution in [3.8, 4) is 0 Å². The molecule has 20 heavy (non-hydrogen) atoms. The first kappa shape index (κ1) is 13.7. The second-order valence-electron chi connectivity index (χ2n) is 5.25. The summed E-state index contributed by atoms with van der Waals surface area (Å²) < 4.78 is 2.38. The molecule has 6 heteroatoms. The van der Waals surface area contributed by atoms with Gasteiger partial charge in [0.25, 0.3) is 0 Å². The number of hydrogen-bond acceptors (Lipinski definition) is 4. The number of aromatic amines is 1. The molecule has 0 atom stereocenters. The molecular weight excluding hydrogens is 288 g/mol. The van der Waals surface area contributed by atoms with Crippen LogP contribution in [0.4, 0.5) is 0 Å². The lowest BCUT2D eigenvalue weighted by Gasteiger charge is -2.19. The van der Waals surface area contributed by atoms with Gasteiger partial charge in [0.2, 0.25) is 4.77 Å². The normalized spacial score (nSPS) is 17.1. The quantitative estimate of drug-likeness (QED) is 0.681. The monoisotopic (exact) mass is 306 g/mol. The third kappa shape index (κ3) is 2.76. The van der Waals surface area contributed by atoms with Crippen molar-refractivity contribution in [2.45, 2.75) is 44.9 Å². The summed E-state index contributed by atoms with van der Waals surface area (Å²) in [5, 5.41) is 13.9. The van der Waals surface area contributed by atoms with Crippen LogP contribution in [0.15, 0.2) is 16.5 Å². The van der Waals surface area contributed by atoms with Crippen molar-refractivity contribution < 1.29 is 0 Å². The van der Waals surface area contributed by atoms with Gasteiger partial charge in [-0.1, -0.05) is 19.3 Å². The van der Waals surface area contributed by atoms with Gasteiger partial charge >= 0.3 is 0 Å². The van der Waals surface area contributed by atoms with Gasteiger partial charge in [-0.05, 0) is 49.0 Å². The fourth-order valence-electron chi connectivity index (χ4n) is 2.67. The van der Waals surface area contributed by atoms with E-state index in [9.17, 15) is 0 Å². The fraction of sp³-hybridized carbons (Fsp3) is 0.500. The van der Waals surface area contributed by atoms with Crippen LogP contribution in [0.3, 0.4) is 0 Å². The van der Waals surface area contributed by atoms with Gasteiger partial charge in [0.05, 0.1) is 11.1 Å². The topological polar surface area (TPSA) is 46.0 Å². The van der Waals surface area contributed by atoms with Crippen molar-refractivity contribution in [2.75, 3.05) is 0 Å². The second kappa shape index (κ2) is 6.01. The summed E-state index contributed by atoms with van der Waals surface area (Å²) in [7, 11) is 0. The van der Waals surface area contributed by atoms with Crippen molar-refractivity contribution in [2.24, 2.45) is 5.10 Å². The molecule has 3 rings (SSSR count). The minimum absolute atomic E-state index is 0.485. The zero-order valence-electron chi connectivity index (χ0n) is 11.5. The average molecular weight is 306 g/mol. The number of H-pyrrole nitrogens is 1. The van der Waals surface area contributed by atoms with Gasteiger partial charge in [-0.15, -0.1) is 11.3 Å². The van der Waals surface area contributed by atoms with E-state index in [-0.39, 0.29) is 0 Å². The number of thiophene rings is 1. The van der Waals surface area contributed by atoms with Gasteiger partial charge in [-0.2, -0.15) is 14.9 Å². The summed E-state index contributed by atoms with van der Waals surface area (Å²) in [5.41, 5.74) is 1.24. The Morgan fingerprint density at radius 1 is 1.45 bits per heavy atom. The van der Waals surface area contributed by atoms with Crippen LogP contribution in [0.2, 0.25) is 0 Å². The maximum absolute atomic E-state index is 5.30. The van der Waals surface area contributed by atoms with Gasteiger partial charge in [-0.25, -0.2) is 0 Å². The molecule has 0 aromatic carbocycles. The lowest BCUT2D eigenvalue weighted by atomic mass is 9.89. The highest BCUT2D eigenvalue weighted by Crippen LogP contribution is 2.31. The minimum Gasteiger partial charge on any atom is -0.250 e. The first-order chi connectivity index (χ1) is 9.75. The Morgan fingerprint density at radius 2 is 2.25 bits per heavy atom. The minimum atomic E-state index is 0.485. The molecule has 2 heterocycles. The van der Waals surface area contributed by atoms with Crippen LogP contribution in [-0.2, 0) is 0 Å². The van der Waals surface area contributed by atoms with Crippen LogP contribution in [0.25, 0.3) is 0 Å². The molecule has 0 unspecified atom stereocenters. The molecule has 0 amide bonds. The second-order valence-corrected chi connectivity index (χ2v) is 6.58. The fourth-order valence-corrected chi connectivity index (χ4v) is 3.63. The third-order valence-corrected chi connectivity index (χ3v) is 5.06. The van der Waals surface area contributed by atoms with Crippen LogP contribution < -0.4 is 0 Å². The Labute approximate surface area is 127 Å². The molecule has 1 N–H and O–H groups in total. The van der Waals surface area contributed by atoms with Crippen LogP contribution in [0.1, 0.15) is 54.3 Å². The molecular formula is C14H18N4S2. The van der Waals surface area contributed by atoms with Crippen LogP contribution in [0, 0.1) is 11.7 Å². The first-order valence-electron chi connectivity index (χ1n) is 7.01. The number of hydrogen-bond donors (Lipinski definition) is 1.